The number of rotatable bonds is 7. The van der Waals surface area contributed by atoms with Crippen molar-refractivity contribution < 1.29 is 14.3 Å². The second kappa shape index (κ2) is 8.03. The first-order chi connectivity index (χ1) is 10.7. The van der Waals surface area contributed by atoms with Gasteiger partial charge >= 0.3 is 0 Å². The predicted octanol–water partition coefficient (Wildman–Crippen LogP) is 2.20. The van der Waals surface area contributed by atoms with E-state index in [-0.39, 0.29) is 11.9 Å². The Kier molecular flexibility index (Phi) is 6.07. The Bertz CT molecular complexity index is 517. The number of carbonyl (C=O) groups is 1. The summed E-state index contributed by atoms with van der Waals surface area (Å²) < 4.78 is 10.7. The molecule has 1 aromatic carbocycles. The van der Waals surface area contributed by atoms with E-state index in [2.05, 4.69) is 17.6 Å². The van der Waals surface area contributed by atoms with Crippen LogP contribution in [0.3, 0.4) is 0 Å². The summed E-state index contributed by atoms with van der Waals surface area (Å²) in [6, 6.07) is 4.05. The molecule has 0 radical (unpaired) electrons. The van der Waals surface area contributed by atoms with E-state index < -0.39 is 0 Å². The lowest BCUT2D eigenvalue weighted by molar-refractivity contribution is -0.121. The average molecular weight is 306 g/mol. The zero-order valence-electron chi connectivity index (χ0n) is 13.7. The normalized spacial score (nSPS) is 16.8. The Hall–Kier alpha value is -1.75. The number of ether oxygens (including phenoxy) is 2. The minimum atomic E-state index is 0.0326. The van der Waals surface area contributed by atoms with Crippen LogP contribution in [0.2, 0.25) is 0 Å². The number of amides is 1. The lowest BCUT2D eigenvalue weighted by Gasteiger charge is -2.27. The molecular weight excluding hydrogens is 280 g/mol. The highest BCUT2D eigenvalue weighted by atomic mass is 16.5. The number of carbonyl (C=O) groups excluding carboxylic acids is 1. The summed E-state index contributed by atoms with van der Waals surface area (Å²) in [6.07, 6.45) is 3.49. The largest absolute Gasteiger partial charge is 0.493 e. The predicted molar refractivity (Wildman–Crippen MR) is 86.5 cm³/mol. The summed E-state index contributed by atoms with van der Waals surface area (Å²) in [6.45, 7) is 3.74. The molecule has 1 aliphatic heterocycles. The molecule has 0 saturated carbocycles. The van der Waals surface area contributed by atoms with Crippen molar-refractivity contribution in [2.24, 2.45) is 0 Å². The Labute approximate surface area is 132 Å². The van der Waals surface area contributed by atoms with E-state index in [9.17, 15) is 4.79 Å². The SMILES string of the molecule is CCCCNC(=O)CC1NCCc2cc(OC)c(OC)cc21. The third kappa shape index (κ3) is 3.91. The number of hydrogen-bond donors (Lipinski definition) is 2. The topological polar surface area (TPSA) is 59.6 Å². The van der Waals surface area contributed by atoms with Crippen molar-refractivity contribution in [2.45, 2.75) is 38.6 Å². The summed E-state index contributed by atoms with van der Waals surface area (Å²) >= 11 is 0. The summed E-state index contributed by atoms with van der Waals surface area (Å²) in [5.74, 6) is 1.55. The van der Waals surface area contributed by atoms with E-state index in [4.69, 9.17) is 9.47 Å². The van der Waals surface area contributed by atoms with Gasteiger partial charge in [-0.2, -0.15) is 0 Å². The summed E-state index contributed by atoms with van der Waals surface area (Å²) in [4.78, 5) is 12.1. The summed E-state index contributed by atoms with van der Waals surface area (Å²) in [7, 11) is 3.27. The van der Waals surface area contributed by atoms with E-state index in [0.717, 1.165) is 43.7 Å². The van der Waals surface area contributed by atoms with Gasteiger partial charge < -0.3 is 20.1 Å². The lowest BCUT2D eigenvalue weighted by atomic mass is 9.91. The number of hydrogen-bond acceptors (Lipinski definition) is 4. The number of nitrogens with one attached hydrogen (secondary N) is 2. The second-order valence-electron chi connectivity index (χ2n) is 5.57. The molecule has 2 rings (SSSR count). The molecule has 1 unspecified atom stereocenters. The van der Waals surface area contributed by atoms with E-state index in [0.29, 0.717) is 12.2 Å². The summed E-state index contributed by atoms with van der Waals surface area (Å²) in [5, 5.41) is 6.41. The van der Waals surface area contributed by atoms with Crippen molar-refractivity contribution in [3.63, 3.8) is 0 Å². The molecule has 1 aromatic rings. The molecule has 0 aliphatic carbocycles. The van der Waals surface area contributed by atoms with Crippen LogP contribution in [0.1, 0.15) is 43.4 Å². The first-order valence-electron chi connectivity index (χ1n) is 7.94. The zero-order chi connectivity index (χ0) is 15.9. The fourth-order valence-electron chi connectivity index (χ4n) is 2.81. The van der Waals surface area contributed by atoms with Crippen LogP contribution in [0.25, 0.3) is 0 Å². The average Bonchev–Trinajstić information content (AvgIpc) is 2.54. The van der Waals surface area contributed by atoms with Crippen molar-refractivity contribution in [3.05, 3.63) is 23.3 Å². The standard InChI is InChI=1S/C17H26N2O3/c1-4-5-7-19-17(20)11-14-13-10-16(22-3)15(21-2)9-12(13)6-8-18-14/h9-10,14,18H,4-8,11H2,1-3H3,(H,19,20). The molecule has 5 heteroatoms. The van der Waals surface area contributed by atoms with Gasteiger partial charge in [-0.1, -0.05) is 13.3 Å². The molecule has 1 aliphatic rings. The van der Waals surface area contributed by atoms with Gasteiger partial charge in [0, 0.05) is 19.0 Å². The maximum Gasteiger partial charge on any atom is 0.221 e. The molecule has 0 aromatic heterocycles. The lowest BCUT2D eigenvalue weighted by Crippen LogP contribution is -2.35. The first-order valence-corrected chi connectivity index (χ1v) is 7.94. The number of fused-ring (bicyclic) bond motifs is 1. The fourth-order valence-corrected chi connectivity index (χ4v) is 2.81. The van der Waals surface area contributed by atoms with Gasteiger partial charge in [0.15, 0.2) is 11.5 Å². The van der Waals surface area contributed by atoms with Crippen LogP contribution in [-0.2, 0) is 11.2 Å². The Morgan fingerprint density at radius 2 is 2.05 bits per heavy atom. The molecule has 122 valence electrons. The van der Waals surface area contributed by atoms with Crippen molar-refractivity contribution >= 4 is 5.91 Å². The van der Waals surface area contributed by atoms with Crippen LogP contribution in [0.4, 0.5) is 0 Å². The van der Waals surface area contributed by atoms with E-state index in [1.807, 2.05) is 12.1 Å². The van der Waals surface area contributed by atoms with Gasteiger partial charge in [-0.05, 0) is 42.6 Å². The molecule has 0 bridgehead atoms. The number of methoxy groups -OCH3 is 2. The smallest absolute Gasteiger partial charge is 0.221 e. The van der Waals surface area contributed by atoms with Crippen molar-refractivity contribution in [1.82, 2.24) is 10.6 Å². The van der Waals surface area contributed by atoms with Gasteiger partial charge in [-0.3, -0.25) is 4.79 Å². The molecule has 5 nitrogen and oxygen atoms in total. The van der Waals surface area contributed by atoms with Gasteiger partial charge in [0.2, 0.25) is 5.91 Å². The molecule has 22 heavy (non-hydrogen) atoms. The maximum atomic E-state index is 12.1. The fraction of sp³-hybridized carbons (Fsp3) is 0.588. The minimum Gasteiger partial charge on any atom is -0.493 e. The monoisotopic (exact) mass is 306 g/mol. The Morgan fingerprint density at radius 3 is 2.73 bits per heavy atom. The molecule has 0 saturated heterocycles. The van der Waals surface area contributed by atoms with E-state index in [1.54, 1.807) is 14.2 Å². The number of unbranched alkanes of at least 4 members (excludes halogenated alkanes) is 1. The van der Waals surface area contributed by atoms with Crippen molar-refractivity contribution in [3.8, 4) is 11.5 Å². The van der Waals surface area contributed by atoms with Gasteiger partial charge in [-0.15, -0.1) is 0 Å². The van der Waals surface area contributed by atoms with Crippen LogP contribution >= 0.6 is 0 Å². The van der Waals surface area contributed by atoms with Crippen molar-refractivity contribution in [1.29, 1.82) is 0 Å². The molecule has 1 atom stereocenters. The van der Waals surface area contributed by atoms with E-state index >= 15 is 0 Å². The van der Waals surface area contributed by atoms with Crippen LogP contribution in [0.15, 0.2) is 12.1 Å². The molecule has 2 N–H and O–H groups in total. The van der Waals surface area contributed by atoms with Gasteiger partial charge in [0.25, 0.3) is 0 Å². The number of benzene rings is 1. The quantitative estimate of drug-likeness (QED) is 0.758. The molecule has 1 heterocycles. The maximum absolute atomic E-state index is 12.1. The van der Waals surface area contributed by atoms with Crippen LogP contribution in [0, 0.1) is 0 Å². The zero-order valence-corrected chi connectivity index (χ0v) is 13.7. The van der Waals surface area contributed by atoms with Gasteiger partial charge in [0.05, 0.1) is 14.2 Å². The highest BCUT2D eigenvalue weighted by Crippen LogP contribution is 2.36. The summed E-state index contributed by atoms with van der Waals surface area (Å²) in [5.41, 5.74) is 2.36. The van der Waals surface area contributed by atoms with Crippen molar-refractivity contribution in [2.75, 3.05) is 27.3 Å². The van der Waals surface area contributed by atoms with Crippen LogP contribution in [-0.4, -0.2) is 33.2 Å². The highest BCUT2D eigenvalue weighted by Gasteiger charge is 2.24. The Balaban J connectivity index is 2.12. The van der Waals surface area contributed by atoms with Gasteiger partial charge in [-0.25, -0.2) is 0 Å². The van der Waals surface area contributed by atoms with Gasteiger partial charge in [0.1, 0.15) is 0 Å². The molecule has 1 amide bonds. The third-order valence-corrected chi connectivity index (χ3v) is 4.05. The van der Waals surface area contributed by atoms with E-state index in [1.165, 1.54) is 5.56 Å². The molecule has 0 spiro atoms. The first kappa shape index (κ1) is 16.6. The molecular formula is C17H26N2O3. The van der Waals surface area contributed by atoms with Crippen LogP contribution in [0.5, 0.6) is 11.5 Å². The second-order valence-corrected chi connectivity index (χ2v) is 5.57. The molecule has 0 fully saturated rings. The third-order valence-electron chi connectivity index (χ3n) is 4.05. The highest BCUT2D eigenvalue weighted by molar-refractivity contribution is 5.77. The van der Waals surface area contributed by atoms with Crippen LogP contribution < -0.4 is 20.1 Å². The Morgan fingerprint density at radius 1 is 1.32 bits per heavy atom. The minimum absolute atomic E-state index is 0.0326.